The normalized spacial score (nSPS) is 15.5. The van der Waals surface area contributed by atoms with Gasteiger partial charge in [0.25, 0.3) is 0 Å². The first kappa shape index (κ1) is 25.2. The van der Waals surface area contributed by atoms with Crippen molar-refractivity contribution in [2.75, 3.05) is 65.7 Å². The average Bonchev–Trinajstić information content (AvgIpc) is 3.18. The lowest BCUT2D eigenvalue weighted by molar-refractivity contribution is 0.0394. The SMILES string of the molecule is CC(C)CCOCCNC(=NCCN1CCOCC1)NCCc1ccco1.I. The minimum absolute atomic E-state index is 0. The predicted octanol–water partition coefficient (Wildman–Crippen LogP) is 2.37. The van der Waals surface area contributed by atoms with Crippen molar-refractivity contribution in [3.8, 4) is 0 Å². The molecule has 2 heterocycles. The van der Waals surface area contributed by atoms with E-state index in [-0.39, 0.29) is 24.0 Å². The fourth-order valence-electron chi connectivity index (χ4n) is 2.72. The molecule has 1 aromatic rings. The van der Waals surface area contributed by atoms with E-state index in [1.807, 2.05) is 12.1 Å². The van der Waals surface area contributed by atoms with E-state index in [0.29, 0.717) is 12.5 Å². The van der Waals surface area contributed by atoms with Gasteiger partial charge in [-0.2, -0.15) is 0 Å². The lowest BCUT2D eigenvalue weighted by atomic mass is 10.1. The molecule has 0 aliphatic carbocycles. The summed E-state index contributed by atoms with van der Waals surface area (Å²) in [6.07, 6.45) is 3.64. The van der Waals surface area contributed by atoms with Crippen molar-refractivity contribution in [3.05, 3.63) is 24.2 Å². The summed E-state index contributed by atoms with van der Waals surface area (Å²) in [7, 11) is 0. The van der Waals surface area contributed by atoms with E-state index in [2.05, 4.69) is 29.4 Å². The molecular formula is C20H37IN4O3. The van der Waals surface area contributed by atoms with E-state index >= 15 is 0 Å². The monoisotopic (exact) mass is 508 g/mol. The van der Waals surface area contributed by atoms with Crippen LogP contribution in [0.4, 0.5) is 0 Å². The number of halogens is 1. The van der Waals surface area contributed by atoms with Crippen molar-refractivity contribution >= 4 is 29.9 Å². The van der Waals surface area contributed by atoms with Crippen LogP contribution in [0, 0.1) is 5.92 Å². The number of furan rings is 1. The quantitative estimate of drug-likeness (QED) is 0.196. The summed E-state index contributed by atoms with van der Waals surface area (Å²) < 4.78 is 16.4. The first-order chi connectivity index (χ1) is 13.2. The number of morpholine rings is 1. The lowest BCUT2D eigenvalue weighted by Crippen LogP contribution is -2.41. The highest BCUT2D eigenvalue weighted by Crippen LogP contribution is 2.00. The second kappa shape index (κ2) is 16.0. The summed E-state index contributed by atoms with van der Waals surface area (Å²) in [6.45, 7) is 12.8. The minimum Gasteiger partial charge on any atom is -0.469 e. The molecule has 8 heteroatoms. The van der Waals surface area contributed by atoms with Gasteiger partial charge in [0, 0.05) is 45.8 Å². The van der Waals surface area contributed by atoms with E-state index in [9.17, 15) is 0 Å². The number of guanidine groups is 1. The Kier molecular flexibility index (Phi) is 14.4. The number of hydrogen-bond acceptors (Lipinski definition) is 5. The molecule has 1 aromatic heterocycles. The maximum Gasteiger partial charge on any atom is 0.191 e. The van der Waals surface area contributed by atoms with Crippen LogP contribution in [0.3, 0.4) is 0 Å². The van der Waals surface area contributed by atoms with Crippen LogP contribution in [0.25, 0.3) is 0 Å². The molecule has 2 rings (SSSR count). The Morgan fingerprint density at radius 1 is 1.21 bits per heavy atom. The molecule has 0 unspecified atom stereocenters. The Morgan fingerprint density at radius 2 is 2.00 bits per heavy atom. The van der Waals surface area contributed by atoms with Crippen molar-refractivity contribution in [3.63, 3.8) is 0 Å². The Bertz CT molecular complexity index is 506. The smallest absolute Gasteiger partial charge is 0.191 e. The Labute approximate surface area is 186 Å². The summed E-state index contributed by atoms with van der Waals surface area (Å²) in [4.78, 5) is 7.10. The molecule has 1 saturated heterocycles. The minimum atomic E-state index is 0. The van der Waals surface area contributed by atoms with Gasteiger partial charge in [0.05, 0.1) is 32.6 Å². The summed E-state index contributed by atoms with van der Waals surface area (Å²) >= 11 is 0. The van der Waals surface area contributed by atoms with Gasteiger partial charge in [-0.25, -0.2) is 0 Å². The van der Waals surface area contributed by atoms with Crippen molar-refractivity contribution in [1.29, 1.82) is 0 Å². The fraction of sp³-hybridized carbons (Fsp3) is 0.750. The van der Waals surface area contributed by atoms with Gasteiger partial charge in [-0.15, -0.1) is 24.0 Å². The van der Waals surface area contributed by atoms with Crippen LogP contribution in [0.1, 0.15) is 26.0 Å². The molecule has 0 bridgehead atoms. The molecule has 0 saturated carbocycles. The Balaban J connectivity index is 0.00000392. The summed E-state index contributed by atoms with van der Waals surface area (Å²) in [6, 6.07) is 3.91. The van der Waals surface area contributed by atoms with E-state index in [1.54, 1.807) is 6.26 Å². The lowest BCUT2D eigenvalue weighted by Gasteiger charge is -2.25. The van der Waals surface area contributed by atoms with Gasteiger partial charge >= 0.3 is 0 Å². The van der Waals surface area contributed by atoms with Gasteiger partial charge < -0.3 is 24.5 Å². The molecule has 2 N–H and O–H groups in total. The summed E-state index contributed by atoms with van der Waals surface area (Å²) in [5.41, 5.74) is 0. The maximum atomic E-state index is 5.68. The zero-order valence-corrected chi connectivity index (χ0v) is 19.7. The highest BCUT2D eigenvalue weighted by atomic mass is 127. The zero-order valence-electron chi connectivity index (χ0n) is 17.3. The fourth-order valence-corrected chi connectivity index (χ4v) is 2.72. The first-order valence-electron chi connectivity index (χ1n) is 10.2. The van der Waals surface area contributed by atoms with E-state index in [0.717, 1.165) is 83.7 Å². The molecule has 0 aromatic carbocycles. The summed E-state index contributed by atoms with van der Waals surface area (Å²) in [5, 5.41) is 6.75. The third-order valence-electron chi connectivity index (χ3n) is 4.41. The van der Waals surface area contributed by atoms with Crippen molar-refractivity contribution in [2.45, 2.75) is 26.7 Å². The number of nitrogens with one attached hydrogen (secondary N) is 2. The van der Waals surface area contributed by atoms with Crippen LogP contribution in [-0.4, -0.2) is 76.6 Å². The van der Waals surface area contributed by atoms with Crippen molar-refractivity contribution in [1.82, 2.24) is 15.5 Å². The molecule has 1 fully saturated rings. The van der Waals surface area contributed by atoms with Crippen LogP contribution in [0.15, 0.2) is 27.8 Å². The molecule has 0 amide bonds. The largest absolute Gasteiger partial charge is 0.469 e. The number of nitrogens with zero attached hydrogens (tertiary/aromatic N) is 2. The second-order valence-electron chi connectivity index (χ2n) is 7.16. The van der Waals surface area contributed by atoms with Gasteiger partial charge in [0.2, 0.25) is 0 Å². The van der Waals surface area contributed by atoms with Gasteiger partial charge in [-0.05, 0) is 24.5 Å². The van der Waals surface area contributed by atoms with Crippen LogP contribution < -0.4 is 10.6 Å². The maximum absolute atomic E-state index is 5.68. The zero-order chi connectivity index (χ0) is 19.2. The molecule has 28 heavy (non-hydrogen) atoms. The molecule has 0 spiro atoms. The van der Waals surface area contributed by atoms with Gasteiger partial charge in [0.15, 0.2) is 5.96 Å². The van der Waals surface area contributed by atoms with Crippen molar-refractivity contribution in [2.24, 2.45) is 10.9 Å². The van der Waals surface area contributed by atoms with Crippen LogP contribution >= 0.6 is 24.0 Å². The van der Waals surface area contributed by atoms with Crippen molar-refractivity contribution < 1.29 is 13.9 Å². The number of hydrogen-bond donors (Lipinski definition) is 2. The van der Waals surface area contributed by atoms with Gasteiger partial charge in [-0.1, -0.05) is 13.8 Å². The van der Waals surface area contributed by atoms with Gasteiger partial charge in [0.1, 0.15) is 5.76 Å². The van der Waals surface area contributed by atoms with Gasteiger partial charge in [-0.3, -0.25) is 9.89 Å². The van der Waals surface area contributed by atoms with Crippen LogP contribution in [0.2, 0.25) is 0 Å². The first-order valence-corrected chi connectivity index (χ1v) is 10.2. The summed E-state index contributed by atoms with van der Waals surface area (Å²) in [5.74, 6) is 2.49. The Morgan fingerprint density at radius 3 is 2.71 bits per heavy atom. The molecule has 1 aliphatic rings. The molecule has 0 atom stereocenters. The second-order valence-corrected chi connectivity index (χ2v) is 7.16. The number of ether oxygens (including phenoxy) is 2. The average molecular weight is 508 g/mol. The molecule has 0 radical (unpaired) electrons. The predicted molar refractivity (Wildman–Crippen MR) is 124 cm³/mol. The highest BCUT2D eigenvalue weighted by Gasteiger charge is 2.09. The number of rotatable bonds is 12. The molecular weight excluding hydrogens is 471 g/mol. The van der Waals surface area contributed by atoms with E-state index < -0.39 is 0 Å². The van der Waals surface area contributed by atoms with E-state index in [4.69, 9.17) is 18.9 Å². The topological polar surface area (TPSA) is 71.3 Å². The van der Waals surface area contributed by atoms with Crippen LogP contribution in [-0.2, 0) is 15.9 Å². The third kappa shape index (κ3) is 11.9. The van der Waals surface area contributed by atoms with Crippen LogP contribution in [0.5, 0.6) is 0 Å². The third-order valence-corrected chi connectivity index (χ3v) is 4.41. The molecule has 7 nitrogen and oxygen atoms in total. The Hall–Kier alpha value is -0.840. The van der Waals surface area contributed by atoms with E-state index in [1.165, 1.54) is 0 Å². The molecule has 162 valence electrons. The molecule has 1 aliphatic heterocycles. The highest BCUT2D eigenvalue weighted by molar-refractivity contribution is 14.0. The standard InChI is InChI=1S/C20H36N4O3.HI/c1-18(2)6-14-25-15-9-23-20(21-7-5-19-4-3-13-27-19)22-8-10-24-11-16-26-17-12-24;/h3-4,13,18H,5-12,14-17H2,1-2H3,(H2,21,22,23);1H. The number of aliphatic imine (C=N–C) groups is 1.